The maximum absolute atomic E-state index is 13.1. The quantitative estimate of drug-likeness (QED) is 0.634. The number of carbonyl (C=O) groups excluding carboxylic acids is 3. The molecule has 1 aromatic heterocycles. The van der Waals surface area contributed by atoms with E-state index in [0.717, 1.165) is 0 Å². The third-order valence-electron chi connectivity index (χ3n) is 5.87. The summed E-state index contributed by atoms with van der Waals surface area (Å²) in [5, 5.41) is 6.05. The highest BCUT2D eigenvalue weighted by atomic mass is 19.4. The van der Waals surface area contributed by atoms with Crippen LogP contribution in [-0.4, -0.2) is 82.7 Å². The molecule has 4 amide bonds. The minimum absolute atomic E-state index is 0.0984. The van der Waals surface area contributed by atoms with Gasteiger partial charge in [-0.25, -0.2) is 4.79 Å². The predicted octanol–water partition coefficient (Wildman–Crippen LogP) is 1.26. The lowest BCUT2D eigenvalue weighted by Crippen LogP contribution is -2.58. The van der Waals surface area contributed by atoms with E-state index in [2.05, 4.69) is 20.0 Å². The molecule has 2 aliphatic rings. The number of urea groups is 1. The third kappa shape index (κ3) is 5.37. The maximum Gasteiger partial charge on any atom is 0.471 e. The van der Waals surface area contributed by atoms with Gasteiger partial charge >= 0.3 is 18.1 Å². The summed E-state index contributed by atoms with van der Waals surface area (Å²) < 4.78 is 47.6. The molecule has 0 bridgehead atoms. The number of morpholine rings is 1. The van der Waals surface area contributed by atoms with Crippen LogP contribution >= 0.6 is 0 Å². The number of amides is 4. The van der Waals surface area contributed by atoms with E-state index in [1.807, 2.05) is 0 Å². The summed E-state index contributed by atoms with van der Waals surface area (Å²) in [4.78, 5) is 43.7. The van der Waals surface area contributed by atoms with Crippen molar-refractivity contribution >= 4 is 17.8 Å². The van der Waals surface area contributed by atoms with Gasteiger partial charge in [0.15, 0.2) is 0 Å². The van der Waals surface area contributed by atoms with Crippen molar-refractivity contribution in [2.24, 2.45) is 5.73 Å². The van der Waals surface area contributed by atoms with Crippen molar-refractivity contribution in [1.82, 2.24) is 25.3 Å². The molecule has 2 saturated heterocycles. The highest BCUT2D eigenvalue weighted by Gasteiger charge is 2.39. The smallest absolute Gasteiger partial charge is 0.377 e. The van der Waals surface area contributed by atoms with Crippen molar-refractivity contribution in [2.45, 2.75) is 31.1 Å². The van der Waals surface area contributed by atoms with E-state index in [4.69, 9.17) is 10.5 Å². The van der Waals surface area contributed by atoms with Crippen LogP contribution in [0.3, 0.4) is 0 Å². The van der Waals surface area contributed by atoms with E-state index < -0.39 is 36.0 Å². The molecule has 2 aliphatic heterocycles. The summed E-state index contributed by atoms with van der Waals surface area (Å²) in [7, 11) is 0. The Balaban J connectivity index is 1.37. The fourth-order valence-electron chi connectivity index (χ4n) is 4.07. The number of nitrogens with one attached hydrogen (secondary N) is 1. The van der Waals surface area contributed by atoms with Crippen molar-refractivity contribution in [2.75, 3.05) is 32.8 Å². The van der Waals surface area contributed by atoms with Crippen LogP contribution in [0.25, 0.3) is 11.4 Å². The molecule has 1 aromatic carbocycles. The zero-order valence-electron chi connectivity index (χ0n) is 18.5. The van der Waals surface area contributed by atoms with Crippen LogP contribution in [0.1, 0.15) is 29.1 Å². The molecule has 0 saturated carbocycles. The van der Waals surface area contributed by atoms with Crippen molar-refractivity contribution in [1.29, 1.82) is 0 Å². The van der Waals surface area contributed by atoms with Crippen molar-refractivity contribution in [3.8, 4) is 11.4 Å². The Morgan fingerprint density at radius 2 is 1.89 bits per heavy atom. The van der Waals surface area contributed by atoms with Crippen LogP contribution in [0, 0.1) is 0 Å². The molecule has 14 heteroatoms. The number of hydrogen-bond acceptors (Lipinski definition) is 7. The largest absolute Gasteiger partial charge is 0.471 e. The van der Waals surface area contributed by atoms with E-state index in [0.29, 0.717) is 32.5 Å². The second-order valence-corrected chi connectivity index (χ2v) is 8.17. The van der Waals surface area contributed by atoms with Gasteiger partial charge in [-0.2, -0.15) is 18.2 Å². The average Bonchev–Trinajstić information content (AvgIpc) is 3.53. The number of aromatic nitrogens is 2. The Bertz CT molecular complexity index is 1090. The predicted molar refractivity (Wildman–Crippen MR) is 113 cm³/mol. The lowest BCUT2D eigenvalue weighted by molar-refractivity contribution is -0.159. The van der Waals surface area contributed by atoms with Crippen LogP contribution in [0.2, 0.25) is 0 Å². The fourth-order valence-corrected chi connectivity index (χ4v) is 4.07. The molecular formula is C21H23F3N6O5. The van der Waals surface area contributed by atoms with Gasteiger partial charge in [0.25, 0.3) is 5.91 Å². The molecule has 0 unspecified atom stereocenters. The van der Waals surface area contributed by atoms with E-state index in [1.165, 1.54) is 29.2 Å². The number of likely N-dealkylation sites (tertiary alicyclic amines) is 1. The van der Waals surface area contributed by atoms with Gasteiger partial charge in [0.1, 0.15) is 6.04 Å². The lowest BCUT2D eigenvalue weighted by atomic mass is 10.1. The van der Waals surface area contributed by atoms with Gasteiger partial charge in [-0.15, -0.1) is 0 Å². The highest BCUT2D eigenvalue weighted by Crippen LogP contribution is 2.29. The van der Waals surface area contributed by atoms with Crippen molar-refractivity contribution < 1.29 is 36.8 Å². The van der Waals surface area contributed by atoms with Gasteiger partial charge in [0.2, 0.25) is 11.7 Å². The van der Waals surface area contributed by atoms with Gasteiger partial charge in [-0.05, 0) is 25.0 Å². The molecule has 2 atom stereocenters. The lowest BCUT2D eigenvalue weighted by Gasteiger charge is -2.39. The molecule has 2 aromatic rings. The minimum atomic E-state index is -4.75. The maximum atomic E-state index is 13.1. The van der Waals surface area contributed by atoms with Crippen LogP contribution in [0.15, 0.2) is 28.8 Å². The molecule has 0 aliphatic carbocycles. The van der Waals surface area contributed by atoms with Gasteiger partial charge in [-0.3, -0.25) is 9.59 Å². The molecule has 11 nitrogen and oxygen atoms in total. The van der Waals surface area contributed by atoms with Gasteiger partial charge in [-0.1, -0.05) is 17.3 Å². The van der Waals surface area contributed by atoms with Gasteiger partial charge in [0, 0.05) is 30.8 Å². The first-order chi connectivity index (χ1) is 16.6. The number of hydrogen-bond donors (Lipinski definition) is 2. The van der Waals surface area contributed by atoms with Gasteiger partial charge < -0.3 is 30.1 Å². The normalized spacial score (nSPS) is 20.7. The summed E-state index contributed by atoms with van der Waals surface area (Å²) in [6.45, 7) is 1.38. The highest BCUT2D eigenvalue weighted by molar-refractivity contribution is 5.94. The fraction of sp³-hybridized carbons (Fsp3) is 0.476. The monoisotopic (exact) mass is 496 g/mol. The Labute approximate surface area is 197 Å². The molecule has 2 fully saturated rings. The summed E-state index contributed by atoms with van der Waals surface area (Å²) in [5.74, 6) is -2.71. The SMILES string of the molecule is NC(=O)[C@@H]1CCCN1C(=O)N1CCOC[C@@H]1CNC(=O)c1ccc(-c2noc(C(F)(F)F)n2)cc1. The van der Waals surface area contributed by atoms with Crippen LogP contribution in [0.4, 0.5) is 18.0 Å². The first-order valence-electron chi connectivity index (χ1n) is 10.9. The Morgan fingerprint density at radius 1 is 1.14 bits per heavy atom. The number of nitrogens with two attached hydrogens (primary N) is 1. The van der Waals surface area contributed by atoms with Gasteiger partial charge in [0.05, 0.1) is 19.3 Å². The summed E-state index contributed by atoms with van der Waals surface area (Å²) >= 11 is 0. The molecule has 188 valence electrons. The van der Waals surface area contributed by atoms with Crippen molar-refractivity contribution in [3.63, 3.8) is 0 Å². The van der Waals surface area contributed by atoms with E-state index in [-0.39, 0.29) is 36.1 Å². The number of nitrogens with zero attached hydrogens (tertiary/aromatic N) is 4. The van der Waals surface area contributed by atoms with Crippen LogP contribution in [-0.2, 0) is 15.7 Å². The van der Waals surface area contributed by atoms with Crippen molar-refractivity contribution in [3.05, 3.63) is 35.7 Å². The molecule has 3 heterocycles. The standard InChI is InChI=1S/C21H23F3N6O5/c22-21(23,24)19-27-17(28-35-19)12-3-5-13(6-4-12)18(32)26-10-14-11-34-9-8-29(14)20(33)30-7-1-2-15(30)16(25)31/h3-6,14-15H,1-2,7-11H2,(H2,25,31)(H,26,32)/t14-,15-/m0/s1. The van der Waals surface area contributed by atoms with Crippen LogP contribution < -0.4 is 11.1 Å². The van der Waals surface area contributed by atoms with E-state index in [1.54, 1.807) is 4.90 Å². The molecular weight excluding hydrogens is 473 g/mol. The molecule has 4 rings (SSSR count). The number of ether oxygens (including phenoxy) is 1. The van der Waals surface area contributed by atoms with E-state index in [9.17, 15) is 27.6 Å². The number of carbonyl (C=O) groups is 3. The second-order valence-electron chi connectivity index (χ2n) is 8.17. The Morgan fingerprint density at radius 3 is 2.54 bits per heavy atom. The topological polar surface area (TPSA) is 144 Å². The van der Waals surface area contributed by atoms with Crippen LogP contribution in [0.5, 0.6) is 0 Å². The molecule has 0 radical (unpaired) electrons. The number of primary amides is 1. The molecule has 35 heavy (non-hydrogen) atoms. The Kier molecular flexibility index (Phi) is 6.91. The Hall–Kier alpha value is -3.68. The minimum Gasteiger partial charge on any atom is -0.377 e. The first kappa shape index (κ1) is 24.4. The van der Waals surface area contributed by atoms with E-state index >= 15 is 0 Å². The molecule has 3 N–H and O–H groups in total. The second kappa shape index (κ2) is 9.90. The summed E-state index contributed by atoms with van der Waals surface area (Å²) in [5.41, 5.74) is 5.91. The zero-order valence-corrected chi connectivity index (χ0v) is 18.5. The summed E-state index contributed by atoms with van der Waals surface area (Å²) in [6.07, 6.45) is -3.55. The molecule has 0 spiro atoms. The zero-order chi connectivity index (χ0) is 25.2. The number of rotatable bonds is 5. The number of benzene rings is 1. The number of halogens is 3. The first-order valence-corrected chi connectivity index (χ1v) is 10.9. The average molecular weight is 496 g/mol. The third-order valence-corrected chi connectivity index (χ3v) is 5.87. The summed E-state index contributed by atoms with van der Waals surface area (Å²) in [6, 6.07) is 4.20. The number of alkyl halides is 3.